The molecule has 2 rings (SSSR count). The van der Waals surface area contributed by atoms with Crippen LogP contribution in [0.2, 0.25) is 0 Å². The molecule has 22 heavy (non-hydrogen) atoms. The average molecular weight is 309 g/mol. The first-order valence-corrected chi connectivity index (χ1v) is 7.58. The van der Waals surface area contributed by atoms with Gasteiger partial charge in [0.05, 0.1) is 6.61 Å². The van der Waals surface area contributed by atoms with E-state index in [9.17, 15) is 9.90 Å². The summed E-state index contributed by atoms with van der Waals surface area (Å²) in [6, 6.07) is 7.06. The Kier molecular flexibility index (Phi) is 4.47. The molecule has 0 saturated carbocycles. The van der Waals surface area contributed by atoms with Gasteiger partial charge in [-0.25, -0.2) is 9.18 Å². The maximum atomic E-state index is 15.1. The highest BCUT2D eigenvalue weighted by molar-refractivity contribution is 5.80. The normalized spacial score (nSPS) is 26.1. The van der Waals surface area contributed by atoms with E-state index >= 15 is 4.39 Å². The van der Waals surface area contributed by atoms with Gasteiger partial charge in [-0.05, 0) is 45.4 Å². The van der Waals surface area contributed by atoms with E-state index in [1.165, 1.54) is 0 Å². The Bertz CT molecular complexity index is 538. The minimum atomic E-state index is -2.26. The van der Waals surface area contributed by atoms with Gasteiger partial charge in [0.25, 0.3) is 0 Å². The molecule has 0 unspecified atom stereocenters. The molecule has 0 aromatic heterocycles. The number of aliphatic carboxylic acids is 1. The van der Waals surface area contributed by atoms with Crippen LogP contribution in [-0.2, 0) is 4.79 Å². The highest BCUT2D eigenvalue weighted by Crippen LogP contribution is 2.42. The molecular formula is C17H24FNO3. The Labute approximate surface area is 130 Å². The van der Waals surface area contributed by atoms with Crippen molar-refractivity contribution in [2.24, 2.45) is 0 Å². The van der Waals surface area contributed by atoms with Crippen LogP contribution in [-0.4, -0.2) is 46.9 Å². The molecule has 1 fully saturated rings. The number of benzene rings is 1. The van der Waals surface area contributed by atoms with Crippen LogP contribution in [0.1, 0.15) is 39.2 Å². The summed E-state index contributed by atoms with van der Waals surface area (Å²) in [5, 5.41) is 9.40. The largest absolute Gasteiger partial charge is 0.494 e. The summed E-state index contributed by atoms with van der Waals surface area (Å²) in [7, 11) is 0. The number of carbonyl (C=O) groups is 1. The summed E-state index contributed by atoms with van der Waals surface area (Å²) in [5.74, 6) is -1.37. The zero-order valence-corrected chi connectivity index (χ0v) is 13.6. The minimum absolute atomic E-state index is 0.0935. The van der Waals surface area contributed by atoms with Crippen molar-refractivity contribution in [3.8, 4) is 5.75 Å². The van der Waals surface area contributed by atoms with Gasteiger partial charge in [-0.2, -0.15) is 0 Å². The van der Waals surface area contributed by atoms with Gasteiger partial charge in [0, 0.05) is 24.5 Å². The number of likely N-dealkylation sites (tertiary alicyclic amines) is 1. The maximum absolute atomic E-state index is 15.1. The third-order valence-corrected chi connectivity index (χ3v) is 4.27. The smallest absolute Gasteiger partial charge is 0.343 e. The second-order valence-electron chi connectivity index (χ2n) is 6.77. The Morgan fingerprint density at radius 3 is 2.45 bits per heavy atom. The van der Waals surface area contributed by atoms with Gasteiger partial charge in [-0.15, -0.1) is 0 Å². The summed E-state index contributed by atoms with van der Waals surface area (Å²) in [4.78, 5) is 13.4. The second kappa shape index (κ2) is 5.88. The van der Waals surface area contributed by atoms with Gasteiger partial charge in [-0.1, -0.05) is 12.1 Å². The van der Waals surface area contributed by atoms with Gasteiger partial charge in [-0.3, -0.25) is 4.90 Å². The number of hydrogen-bond donors (Lipinski definition) is 1. The number of carboxylic acid groups (broad SMARTS) is 1. The number of nitrogens with zero attached hydrogens (tertiary/aromatic N) is 1. The fourth-order valence-electron chi connectivity index (χ4n) is 2.88. The number of alkyl halides is 1. The molecule has 0 spiro atoms. The average Bonchev–Trinajstić information content (AvgIpc) is 2.80. The molecule has 1 heterocycles. The molecule has 1 saturated heterocycles. The number of carboxylic acids is 1. The lowest BCUT2D eigenvalue weighted by Crippen LogP contribution is -2.44. The van der Waals surface area contributed by atoms with E-state index in [0.29, 0.717) is 24.5 Å². The zero-order chi connectivity index (χ0) is 16.5. The van der Waals surface area contributed by atoms with Crippen molar-refractivity contribution >= 4 is 5.97 Å². The number of hydrogen-bond acceptors (Lipinski definition) is 3. The maximum Gasteiger partial charge on any atom is 0.343 e. The van der Waals surface area contributed by atoms with Crippen molar-refractivity contribution in [2.45, 2.75) is 44.8 Å². The van der Waals surface area contributed by atoms with Crippen molar-refractivity contribution in [3.63, 3.8) is 0 Å². The van der Waals surface area contributed by atoms with E-state index in [1.807, 2.05) is 32.6 Å². The first kappa shape index (κ1) is 16.7. The molecule has 0 radical (unpaired) electrons. The first-order valence-electron chi connectivity index (χ1n) is 7.58. The van der Waals surface area contributed by atoms with E-state index in [1.54, 1.807) is 24.3 Å². The predicted molar refractivity (Wildman–Crippen MR) is 83.2 cm³/mol. The van der Waals surface area contributed by atoms with Crippen LogP contribution in [0, 0.1) is 0 Å². The molecule has 5 heteroatoms. The van der Waals surface area contributed by atoms with Gasteiger partial charge < -0.3 is 9.84 Å². The Morgan fingerprint density at radius 1 is 1.41 bits per heavy atom. The molecule has 122 valence electrons. The van der Waals surface area contributed by atoms with Crippen molar-refractivity contribution in [2.75, 3.05) is 19.7 Å². The Balaban J connectivity index is 2.32. The minimum Gasteiger partial charge on any atom is -0.494 e. The molecule has 1 aromatic carbocycles. The molecule has 1 aromatic rings. The molecule has 1 aliphatic rings. The highest BCUT2D eigenvalue weighted by atomic mass is 19.1. The van der Waals surface area contributed by atoms with E-state index < -0.39 is 17.6 Å². The summed E-state index contributed by atoms with van der Waals surface area (Å²) in [5.41, 5.74) is -1.84. The zero-order valence-electron chi connectivity index (χ0n) is 13.6. The molecule has 0 amide bonds. The monoisotopic (exact) mass is 309 g/mol. The Morgan fingerprint density at radius 2 is 2.00 bits per heavy atom. The molecular weight excluding hydrogens is 285 g/mol. The SMILES string of the molecule is CCOc1ccc([C@@H]2CN(C(C)(C)C)C[C@@]2(F)C(=O)O)cc1. The third kappa shape index (κ3) is 3.09. The predicted octanol–water partition coefficient (Wildman–Crippen LogP) is 3.08. The van der Waals surface area contributed by atoms with Crippen LogP contribution in [0.5, 0.6) is 5.75 Å². The lowest BCUT2D eigenvalue weighted by atomic mass is 9.86. The number of halogens is 1. The first-order chi connectivity index (χ1) is 10.2. The summed E-state index contributed by atoms with van der Waals surface area (Å²) in [6.07, 6.45) is 0. The highest BCUT2D eigenvalue weighted by Gasteiger charge is 2.55. The van der Waals surface area contributed by atoms with Crippen molar-refractivity contribution < 1.29 is 19.0 Å². The molecule has 0 bridgehead atoms. The summed E-state index contributed by atoms with van der Waals surface area (Å²) in [6.45, 7) is 8.65. The topological polar surface area (TPSA) is 49.8 Å². The molecule has 1 aliphatic heterocycles. The van der Waals surface area contributed by atoms with E-state index in [4.69, 9.17) is 4.74 Å². The van der Waals surface area contributed by atoms with Gasteiger partial charge in [0.1, 0.15) is 5.75 Å². The van der Waals surface area contributed by atoms with Gasteiger partial charge in [0.2, 0.25) is 5.67 Å². The van der Waals surface area contributed by atoms with Crippen LogP contribution in [0.4, 0.5) is 4.39 Å². The quantitative estimate of drug-likeness (QED) is 0.928. The van der Waals surface area contributed by atoms with Gasteiger partial charge >= 0.3 is 5.97 Å². The van der Waals surface area contributed by atoms with Crippen LogP contribution in [0.25, 0.3) is 0 Å². The van der Waals surface area contributed by atoms with E-state index in [-0.39, 0.29) is 12.1 Å². The second-order valence-corrected chi connectivity index (χ2v) is 6.77. The van der Waals surface area contributed by atoms with Gasteiger partial charge in [0.15, 0.2) is 0 Å². The van der Waals surface area contributed by atoms with Crippen LogP contribution in [0.15, 0.2) is 24.3 Å². The standard InChI is InChI=1S/C17H24FNO3/c1-5-22-13-8-6-12(7-9-13)14-10-19(16(2,3)4)11-17(14,18)15(20)21/h6-9,14H,5,10-11H2,1-4H3,(H,20,21)/t14-,17-/m0/s1. The van der Waals surface area contributed by atoms with Crippen LogP contribution < -0.4 is 4.74 Å². The lowest BCUT2D eigenvalue weighted by molar-refractivity contribution is -0.151. The van der Waals surface area contributed by atoms with E-state index in [0.717, 1.165) is 0 Å². The molecule has 1 N–H and O–H groups in total. The van der Waals surface area contributed by atoms with Crippen molar-refractivity contribution in [1.82, 2.24) is 4.90 Å². The number of rotatable bonds is 4. The third-order valence-electron chi connectivity index (χ3n) is 4.27. The lowest BCUT2D eigenvalue weighted by Gasteiger charge is -2.31. The van der Waals surface area contributed by atoms with Crippen LogP contribution in [0.3, 0.4) is 0 Å². The molecule has 0 aliphatic carbocycles. The summed E-state index contributed by atoms with van der Waals surface area (Å²) < 4.78 is 20.5. The summed E-state index contributed by atoms with van der Waals surface area (Å²) >= 11 is 0. The molecule has 4 nitrogen and oxygen atoms in total. The molecule has 2 atom stereocenters. The van der Waals surface area contributed by atoms with Crippen molar-refractivity contribution in [1.29, 1.82) is 0 Å². The van der Waals surface area contributed by atoms with E-state index in [2.05, 4.69) is 0 Å². The number of ether oxygens (including phenoxy) is 1. The fraction of sp³-hybridized carbons (Fsp3) is 0.588. The fourth-order valence-corrected chi connectivity index (χ4v) is 2.88. The van der Waals surface area contributed by atoms with Crippen molar-refractivity contribution in [3.05, 3.63) is 29.8 Å². The van der Waals surface area contributed by atoms with Crippen LogP contribution >= 0.6 is 0 Å². The Hall–Kier alpha value is -1.62.